The largest absolute Gasteiger partial charge is 0.353 e. The monoisotopic (exact) mass is 275 g/mol. The smallest absolute Gasteiger partial charge is 0.225 e. The average molecular weight is 275 g/mol. The highest BCUT2D eigenvalue weighted by molar-refractivity contribution is 5.76. The van der Waals surface area contributed by atoms with E-state index in [4.69, 9.17) is 9.47 Å². The molecule has 1 atom stereocenters. The molecule has 112 valence electrons. The van der Waals surface area contributed by atoms with Gasteiger partial charge < -0.3 is 14.4 Å². The van der Waals surface area contributed by atoms with Gasteiger partial charge in [-0.1, -0.05) is 20.8 Å². The van der Waals surface area contributed by atoms with Gasteiger partial charge in [-0.15, -0.1) is 0 Å². The molecule has 5 heteroatoms. The number of rotatable bonds is 6. The molecule has 1 unspecified atom stereocenters. The molecule has 0 saturated carbocycles. The number of hydrogen-bond acceptors (Lipinski definition) is 3. The summed E-state index contributed by atoms with van der Waals surface area (Å²) in [4.78, 5) is 13.1. The van der Waals surface area contributed by atoms with Gasteiger partial charge in [-0.3, -0.25) is 4.79 Å². The minimum atomic E-state index is -0.760. The molecule has 0 radical (unpaired) electrons. The molecule has 0 spiro atoms. The van der Waals surface area contributed by atoms with Gasteiger partial charge in [-0.2, -0.15) is 0 Å². The first-order valence-corrected chi connectivity index (χ1v) is 6.99. The summed E-state index contributed by atoms with van der Waals surface area (Å²) >= 11 is 0. The normalized spacial score (nSPS) is 20.3. The van der Waals surface area contributed by atoms with Crippen molar-refractivity contribution in [3.05, 3.63) is 0 Å². The molecule has 1 amide bonds. The second-order valence-corrected chi connectivity index (χ2v) is 6.18. The Morgan fingerprint density at radius 3 is 2.68 bits per heavy atom. The predicted molar refractivity (Wildman–Crippen MR) is 71.3 cm³/mol. The van der Waals surface area contributed by atoms with E-state index < -0.39 is 6.80 Å². The van der Waals surface area contributed by atoms with Crippen molar-refractivity contribution in [3.63, 3.8) is 0 Å². The summed E-state index contributed by atoms with van der Waals surface area (Å²) in [7, 11) is 0. The Hall–Kier alpha value is -0.680. The Balaban J connectivity index is 2.25. The van der Waals surface area contributed by atoms with Gasteiger partial charge in [0.05, 0.1) is 6.61 Å². The molecule has 4 nitrogen and oxygen atoms in total. The molecule has 0 aliphatic carbocycles. The van der Waals surface area contributed by atoms with Crippen LogP contribution in [0.3, 0.4) is 0 Å². The number of carbonyl (C=O) groups is 1. The molecule has 0 aromatic heterocycles. The Labute approximate surface area is 115 Å². The van der Waals surface area contributed by atoms with Crippen LogP contribution < -0.4 is 0 Å². The summed E-state index contributed by atoms with van der Waals surface area (Å²) in [5, 5.41) is 0. The van der Waals surface area contributed by atoms with E-state index in [9.17, 15) is 9.18 Å². The van der Waals surface area contributed by atoms with Crippen LogP contribution in [0.25, 0.3) is 0 Å². The van der Waals surface area contributed by atoms with Crippen LogP contribution in [0.1, 0.15) is 46.5 Å². The molecule has 1 fully saturated rings. The van der Waals surface area contributed by atoms with Crippen LogP contribution in [0, 0.1) is 5.41 Å². The zero-order valence-electron chi connectivity index (χ0n) is 12.3. The fraction of sp³-hybridized carbons (Fsp3) is 0.929. The number of nitrogens with zero attached hydrogens (tertiary/aromatic N) is 1. The lowest BCUT2D eigenvalue weighted by atomic mass is 9.92. The first-order chi connectivity index (χ1) is 8.92. The number of amides is 1. The maximum Gasteiger partial charge on any atom is 0.225 e. The zero-order valence-corrected chi connectivity index (χ0v) is 12.3. The first kappa shape index (κ1) is 16.4. The summed E-state index contributed by atoms with van der Waals surface area (Å²) < 4.78 is 23.8. The van der Waals surface area contributed by atoms with Crippen molar-refractivity contribution < 1.29 is 18.7 Å². The van der Waals surface area contributed by atoms with E-state index in [0.29, 0.717) is 13.0 Å². The molecule has 1 heterocycles. The summed E-state index contributed by atoms with van der Waals surface area (Å²) in [5.41, 5.74) is -0.127. The van der Waals surface area contributed by atoms with Crippen molar-refractivity contribution in [1.29, 1.82) is 0 Å². The Kier molecular flexibility index (Phi) is 6.72. The lowest BCUT2D eigenvalue weighted by molar-refractivity contribution is -0.167. The van der Waals surface area contributed by atoms with Crippen molar-refractivity contribution in [2.75, 3.05) is 26.6 Å². The predicted octanol–water partition coefficient (Wildman–Crippen LogP) is 2.72. The SMILES string of the molecule is CC(C)(C)CC(=O)N(CF)CCOC1CCCCO1. The standard InChI is InChI=1S/C14H26FNO3/c1-14(2,3)10-12(17)16(11-15)7-9-19-13-6-4-5-8-18-13/h13H,4-11H2,1-3H3. The number of hydrogen-bond donors (Lipinski definition) is 0. The lowest BCUT2D eigenvalue weighted by Crippen LogP contribution is -2.36. The zero-order chi connectivity index (χ0) is 14.3. The van der Waals surface area contributed by atoms with E-state index in [2.05, 4.69) is 0 Å². The molecule has 1 aliphatic rings. The molecule has 0 N–H and O–H groups in total. The summed E-state index contributed by atoms with van der Waals surface area (Å²) in [6.07, 6.45) is 3.21. The van der Waals surface area contributed by atoms with Gasteiger partial charge >= 0.3 is 0 Å². The Bertz CT molecular complexity index is 272. The van der Waals surface area contributed by atoms with Crippen molar-refractivity contribution in [1.82, 2.24) is 4.90 Å². The molecule has 0 aromatic carbocycles. The van der Waals surface area contributed by atoms with Crippen LogP contribution in [0.4, 0.5) is 4.39 Å². The fourth-order valence-corrected chi connectivity index (χ4v) is 1.95. The van der Waals surface area contributed by atoms with Crippen LogP contribution in [-0.4, -0.2) is 43.7 Å². The quantitative estimate of drug-likeness (QED) is 0.700. The van der Waals surface area contributed by atoms with E-state index in [1.165, 1.54) is 4.90 Å². The minimum absolute atomic E-state index is 0.127. The summed E-state index contributed by atoms with van der Waals surface area (Å²) in [6, 6.07) is 0. The molecular formula is C14H26FNO3. The highest BCUT2D eigenvalue weighted by atomic mass is 19.1. The third kappa shape index (κ3) is 6.87. The second kappa shape index (κ2) is 7.80. The molecule has 19 heavy (non-hydrogen) atoms. The van der Waals surface area contributed by atoms with E-state index in [-0.39, 0.29) is 24.2 Å². The number of halogens is 1. The summed E-state index contributed by atoms with van der Waals surface area (Å²) in [6.45, 7) is 6.47. The molecular weight excluding hydrogens is 249 g/mol. The molecule has 1 aliphatic heterocycles. The van der Waals surface area contributed by atoms with E-state index in [1.807, 2.05) is 20.8 Å². The topological polar surface area (TPSA) is 38.8 Å². The number of carbonyl (C=O) groups excluding carboxylic acids is 1. The Morgan fingerprint density at radius 2 is 2.16 bits per heavy atom. The van der Waals surface area contributed by atoms with Crippen molar-refractivity contribution in [3.8, 4) is 0 Å². The highest BCUT2D eigenvalue weighted by Crippen LogP contribution is 2.20. The van der Waals surface area contributed by atoms with Crippen molar-refractivity contribution in [2.24, 2.45) is 5.41 Å². The molecule has 0 aromatic rings. The van der Waals surface area contributed by atoms with Gasteiger partial charge in [0.15, 0.2) is 13.1 Å². The number of alkyl halides is 1. The summed E-state index contributed by atoms with van der Waals surface area (Å²) in [5.74, 6) is -0.164. The van der Waals surface area contributed by atoms with Crippen LogP contribution in [0.15, 0.2) is 0 Å². The van der Waals surface area contributed by atoms with Crippen LogP contribution >= 0.6 is 0 Å². The fourth-order valence-electron chi connectivity index (χ4n) is 1.95. The minimum Gasteiger partial charge on any atom is -0.353 e. The first-order valence-electron chi connectivity index (χ1n) is 6.99. The molecule has 1 saturated heterocycles. The van der Waals surface area contributed by atoms with Crippen LogP contribution in [0.2, 0.25) is 0 Å². The highest BCUT2D eigenvalue weighted by Gasteiger charge is 2.21. The van der Waals surface area contributed by atoms with Crippen LogP contribution in [0.5, 0.6) is 0 Å². The van der Waals surface area contributed by atoms with E-state index >= 15 is 0 Å². The molecule has 0 bridgehead atoms. The van der Waals surface area contributed by atoms with Crippen molar-refractivity contribution >= 4 is 5.91 Å². The van der Waals surface area contributed by atoms with E-state index in [1.54, 1.807) is 0 Å². The van der Waals surface area contributed by atoms with Gasteiger partial charge in [-0.05, 0) is 24.7 Å². The maximum atomic E-state index is 12.9. The third-order valence-electron chi connectivity index (χ3n) is 2.98. The average Bonchev–Trinajstić information content (AvgIpc) is 2.33. The van der Waals surface area contributed by atoms with Gasteiger partial charge in [-0.25, -0.2) is 4.39 Å². The number of ether oxygens (including phenoxy) is 2. The van der Waals surface area contributed by atoms with Gasteiger partial charge in [0.25, 0.3) is 0 Å². The third-order valence-corrected chi connectivity index (χ3v) is 2.98. The molecule has 1 rings (SSSR count). The van der Waals surface area contributed by atoms with Gasteiger partial charge in [0.1, 0.15) is 0 Å². The van der Waals surface area contributed by atoms with Gasteiger partial charge in [0.2, 0.25) is 5.91 Å². The Morgan fingerprint density at radius 1 is 1.42 bits per heavy atom. The van der Waals surface area contributed by atoms with Crippen molar-refractivity contribution in [2.45, 2.75) is 52.7 Å². The lowest BCUT2D eigenvalue weighted by Gasteiger charge is -2.26. The second-order valence-electron chi connectivity index (χ2n) is 6.18. The van der Waals surface area contributed by atoms with E-state index in [0.717, 1.165) is 25.9 Å². The van der Waals surface area contributed by atoms with Crippen LogP contribution in [-0.2, 0) is 14.3 Å². The van der Waals surface area contributed by atoms with Gasteiger partial charge in [0, 0.05) is 19.6 Å². The maximum absolute atomic E-state index is 12.9.